The van der Waals surface area contributed by atoms with E-state index in [1.54, 1.807) is 18.4 Å². The van der Waals surface area contributed by atoms with Crippen LogP contribution in [0, 0.1) is 0 Å². The Morgan fingerprint density at radius 1 is 1.45 bits per heavy atom. The van der Waals surface area contributed by atoms with Crippen LogP contribution in [0.3, 0.4) is 0 Å². The van der Waals surface area contributed by atoms with E-state index in [4.69, 9.17) is 4.74 Å². The zero-order valence-electron chi connectivity index (χ0n) is 12.2. The molecule has 0 amide bonds. The van der Waals surface area contributed by atoms with Gasteiger partial charge in [-0.2, -0.15) is 0 Å². The first kappa shape index (κ1) is 14.0. The van der Waals surface area contributed by atoms with Crippen LogP contribution in [0.2, 0.25) is 0 Å². The lowest BCUT2D eigenvalue weighted by Crippen LogP contribution is -2.52. The van der Waals surface area contributed by atoms with Gasteiger partial charge in [0.1, 0.15) is 0 Å². The van der Waals surface area contributed by atoms with Crippen LogP contribution in [-0.2, 0) is 11.3 Å². The lowest BCUT2D eigenvalue weighted by atomic mass is 10.2. The Morgan fingerprint density at radius 3 is 3.10 bits per heavy atom. The molecule has 0 radical (unpaired) electrons. The Labute approximate surface area is 123 Å². The molecule has 110 valence electrons. The summed E-state index contributed by atoms with van der Waals surface area (Å²) in [5, 5.41) is 2.07. The summed E-state index contributed by atoms with van der Waals surface area (Å²) in [6.07, 6.45) is 4.22. The van der Waals surface area contributed by atoms with Crippen molar-refractivity contribution in [2.24, 2.45) is 0 Å². The van der Waals surface area contributed by atoms with Crippen LogP contribution in [0.1, 0.15) is 12.6 Å². The molecule has 1 saturated heterocycles. The number of piperazine rings is 1. The summed E-state index contributed by atoms with van der Waals surface area (Å²) in [5.41, 5.74) is 1.18. The van der Waals surface area contributed by atoms with Crippen molar-refractivity contribution >= 4 is 16.3 Å². The van der Waals surface area contributed by atoms with Gasteiger partial charge in [-0.15, -0.1) is 11.3 Å². The molecule has 0 N–H and O–H groups in total. The quantitative estimate of drug-likeness (QED) is 0.838. The van der Waals surface area contributed by atoms with Crippen molar-refractivity contribution in [1.29, 1.82) is 0 Å². The summed E-state index contributed by atoms with van der Waals surface area (Å²) >= 11 is 1.69. The van der Waals surface area contributed by atoms with E-state index in [0.29, 0.717) is 6.04 Å². The molecular formula is C14H22N4OS. The minimum atomic E-state index is 0.586. The lowest BCUT2D eigenvalue weighted by Gasteiger charge is -2.39. The van der Waals surface area contributed by atoms with E-state index < -0.39 is 0 Å². The van der Waals surface area contributed by atoms with Crippen LogP contribution in [0.4, 0.5) is 0 Å². The molecule has 1 aliphatic heterocycles. The second-order valence-electron chi connectivity index (χ2n) is 5.44. The SMILES string of the molecule is COCCN1CCN(Cc2cn3ccsc3n2)C[C@@H]1C. The summed E-state index contributed by atoms with van der Waals surface area (Å²) in [6.45, 7) is 8.44. The van der Waals surface area contributed by atoms with Gasteiger partial charge >= 0.3 is 0 Å². The van der Waals surface area contributed by atoms with Crippen molar-refractivity contribution in [3.05, 3.63) is 23.5 Å². The summed E-state index contributed by atoms with van der Waals surface area (Å²) in [6, 6.07) is 0.586. The van der Waals surface area contributed by atoms with Gasteiger partial charge < -0.3 is 4.74 Å². The second-order valence-corrected chi connectivity index (χ2v) is 6.31. The molecule has 5 nitrogen and oxygen atoms in total. The van der Waals surface area contributed by atoms with Gasteiger partial charge in [0.05, 0.1) is 12.3 Å². The zero-order valence-corrected chi connectivity index (χ0v) is 13.0. The average Bonchev–Trinajstić information content (AvgIpc) is 2.98. The van der Waals surface area contributed by atoms with Gasteiger partial charge in [0, 0.05) is 63.6 Å². The van der Waals surface area contributed by atoms with Crippen LogP contribution in [0.25, 0.3) is 4.96 Å². The number of fused-ring (bicyclic) bond motifs is 1. The summed E-state index contributed by atoms with van der Waals surface area (Å²) in [4.78, 5) is 10.8. The molecule has 0 spiro atoms. The highest BCUT2D eigenvalue weighted by Gasteiger charge is 2.23. The molecule has 0 bridgehead atoms. The maximum absolute atomic E-state index is 5.17. The zero-order chi connectivity index (χ0) is 13.9. The highest BCUT2D eigenvalue weighted by molar-refractivity contribution is 7.15. The first-order chi connectivity index (χ1) is 9.76. The minimum Gasteiger partial charge on any atom is -0.383 e. The van der Waals surface area contributed by atoms with E-state index in [9.17, 15) is 0 Å². The van der Waals surface area contributed by atoms with Gasteiger partial charge in [0.15, 0.2) is 4.96 Å². The maximum Gasteiger partial charge on any atom is 0.193 e. The first-order valence-electron chi connectivity index (χ1n) is 7.12. The van der Waals surface area contributed by atoms with Crippen molar-refractivity contribution in [2.45, 2.75) is 19.5 Å². The Hall–Kier alpha value is -0.950. The van der Waals surface area contributed by atoms with Crippen LogP contribution in [-0.4, -0.2) is 65.1 Å². The number of methoxy groups -OCH3 is 1. The highest BCUT2D eigenvalue weighted by atomic mass is 32.1. The fraction of sp³-hybridized carbons (Fsp3) is 0.643. The Bertz CT molecular complexity index is 524. The summed E-state index contributed by atoms with van der Waals surface area (Å²) in [7, 11) is 1.77. The molecule has 0 unspecified atom stereocenters. The molecule has 20 heavy (non-hydrogen) atoms. The van der Waals surface area contributed by atoms with Gasteiger partial charge in [-0.3, -0.25) is 14.2 Å². The predicted molar refractivity (Wildman–Crippen MR) is 81.3 cm³/mol. The van der Waals surface area contributed by atoms with Crippen molar-refractivity contribution in [1.82, 2.24) is 19.2 Å². The molecule has 1 fully saturated rings. The van der Waals surface area contributed by atoms with Crippen molar-refractivity contribution < 1.29 is 4.74 Å². The normalized spacial score (nSPS) is 21.8. The third-order valence-corrected chi connectivity index (χ3v) is 4.73. The molecule has 6 heteroatoms. The molecule has 3 heterocycles. The molecular weight excluding hydrogens is 272 g/mol. The van der Waals surface area contributed by atoms with Gasteiger partial charge in [0.2, 0.25) is 0 Å². The summed E-state index contributed by atoms with van der Waals surface area (Å²) in [5.74, 6) is 0. The predicted octanol–water partition coefficient (Wildman–Crippen LogP) is 1.55. The molecule has 1 atom stereocenters. The molecule has 1 aliphatic rings. The lowest BCUT2D eigenvalue weighted by molar-refractivity contribution is 0.0553. The van der Waals surface area contributed by atoms with Gasteiger partial charge in [-0.1, -0.05) is 0 Å². The third-order valence-electron chi connectivity index (χ3n) is 3.96. The van der Waals surface area contributed by atoms with Crippen LogP contribution < -0.4 is 0 Å². The smallest absolute Gasteiger partial charge is 0.193 e. The van der Waals surface area contributed by atoms with Crippen LogP contribution in [0.5, 0.6) is 0 Å². The number of aromatic nitrogens is 2. The number of ether oxygens (including phenoxy) is 1. The van der Waals surface area contributed by atoms with E-state index >= 15 is 0 Å². The molecule has 2 aromatic rings. The van der Waals surface area contributed by atoms with Crippen LogP contribution >= 0.6 is 11.3 Å². The first-order valence-corrected chi connectivity index (χ1v) is 8.00. The largest absolute Gasteiger partial charge is 0.383 e. The topological polar surface area (TPSA) is 33.0 Å². The van der Waals surface area contributed by atoms with Crippen molar-refractivity contribution in [3.63, 3.8) is 0 Å². The van der Waals surface area contributed by atoms with Gasteiger partial charge in [0.25, 0.3) is 0 Å². The fourth-order valence-corrected chi connectivity index (χ4v) is 3.56. The number of hydrogen-bond acceptors (Lipinski definition) is 5. The number of rotatable bonds is 5. The standard InChI is InChI=1S/C14H22N4OS/c1-12-9-16(3-4-17(12)5-7-19-2)10-13-11-18-6-8-20-14(18)15-13/h6,8,11-12H,3-5,7,9-10H2,1-2H3/t12-/m0/s1. The maximum atomic E-state index is 5.17. The van der Waals surface area contributed by atoms with Gasteiger partial charge in [-0.25, -0.2) is 4.98 Å². The number of nitrogens with zero attached hydrogens (tertiary/aromatic N) is 4. The fourth-order valence-electron chi connectivity index (χ4n) is 2.84. The molecule has 0 aromatic carbocycles. The number of hydrogen-bond donors (Lipinski definition) is 0. The highest BCUT2D eigenvalue weighted by Crippen LogP contribution is 2.15. The minimum absolute atomic E-state index is 0.586. The summed E-state index contributed by atoms with van der Waals surface area (Å²) < 4.78 is 7.28. The van der Waals surface area contributed by atoms with E-state index in [1.165, 1.54) is 5.69 Å². The van der Waals surface area contributed by atoms with E-state index in [0.717, 1.165) is 44.3 Å². The molecule has 0 aliphatic carbocycles. The van der Waals surface area contributed by atoms with E-state index in [1.807, 2.05) is 0 Å². The van der Waals surface area contributed by atoms with Crippen molar-refractivity contribution in [3.8, 4) is 0 Å². The molecule has 0 saturated carbocycles. The Morgan fingerprint density at radius 2 is 2.35 bits per heavy atom. The van der Waals surface area contributed by atoms with Crippen molar-refractivity contribution in [2.75, 3.05) is 39.9 Å². The van der Waals surface area contributed by atoms with E-state index in [2.05, 4.69) is 43.9 Å². The second kappa shape index (κ2) is 6.22. The number of thiazole rings is 1. The monoisotopic (exact) mass is 294 g/mol. The van der Waals surface area contributed by atoms with Gasteiger partial charge in [-0.05, 0) is 6.92 Å². The third kappa shape index (κ3) is 3.03. The van der Waals surface area contributed by atoms with E-state index in [-0.39, 0.29) is 0 Å². The van der Waals surface area contributed by atoms with Crippen LogP contribution in [0.15, 0.2) is 17.8 Å². The molecule has 2 aromatic heterocycles. The Kier molecular flexibility index (Phi) is 4.35. The Balaban J connectivity index is 1.55. The number of imidazole rings is 1. The molecule has 3 rings (SSSR count). The average molecular weight is 294 g/mol.